The van der Waals surface area contributed by atoms with Crippen LogP contribution in [0.3, 0.4) is 0 Å². The lowest BCUT2D eigenvalue weighted by Crippen LogP contribution is -2.28. The Labute approximate surface area is 184 Å². The molecule has 7 heteroatoms. The van der Waals surface area contributed by atoms with Crippen molar-refractivity contribution in [3.63, 3.8) is 0 Å². The molecule has 0 aliphatic carbocycles. The molecule has 5 nitrogen and oxygen atoms in total. The summed E-state index contributed by atoms with van der Waals surface area (Å²) in [6, 6.07) is 16.8. The second kappa shape index (κ2) is 7.58. The highest BCUT2D eigenvalue weighted by atomic mass is 19.3. The number of fused-ring (bicyclic) bond motifs is 1. The summed E-state index contributed by atoms with van der Waals surface area (Å²) < 4.78 is 34.8. The molecular weight excluding hydrogens is 412 g/mol. The molecule has 2 aliphatic rings. The third-order valence-electron chi connectivity index (χ3n) is 6.13. The molecule has 0 amide bonds. The average Bonchev–Trinajstić information content (AvgIpc) is 3.34. The van der Waals surface area contributed by atoms with Crippen LogP contribution in [0.5, 0.6) is 5.75 Å². The Balaban J connectivity index is 1.63. The summed E-state index contributed by atoms with van der Waals surface area (Å²) in [6.45, 7) is 1.78. The van der Waals surface area contributed by atoms with Crippen molar-refractivity contribution >= 4 is 17.2 Å². The summed E-state index contributed by atoms with van der Waals surface area (Å²) in [6.07, 6.45) is 0.260. The Morgan fingerprint density at radius 1 is 1.03 bits per heavy atom. The fourth-order valence-electron chi connectivity index (χ4n) is 4.58. The van der Waals surface area contributed by atoms with Gasteiger partial charge in [0.25, 0.3) is 11.8 Å². The Bertz CT molecular complexity index is 1210. The first-order chi connectivity index (χ1) is 15.4. The molecular formula is C25H23F2N3O2. The van der Waals surface area contributed by atoms with Crippen molar-refractivity contribution in [2.75, 3.05) is 25.1 Å². The molecule has 0 saturated carbocycles. The number of alkyl halides is 2. The highest BCUT2D eigenvalue weighted by molar-refractivity contribution is 6.22. The number of ether oxygens (including phenoxy) is 1. The van der Waals surface area contributed by atoms with E-state index in [4.69, 9.17) is 4.74 Å². The zero-order valence-corrected chi connectivity index (χ0v) is 17.9. The topological polar surface area (TPSA) is 47.4 Å². The first-order valence-electron chi connectivity index (χ1n) is 10.6. The number of hydrogen-bond acceptors (Lipinski definition) is 4. The van der Waals surface area contributed by atoms with Gasteiger partial charge in [0.2, 0.25) is 0 Å². The Morgan fingerprint density at radius 3 is 2.38 bits per heavy atom. The summed E-state index contributed by atoms with van der Waals surface area (Å²) in [7, 11) is 1.59. The lowest BCUT2D eigenvalue weighted by molar-refractivity contribution is 0.0257. The zero-order chi connectivity index (χ0) is 22.5. The van der Waals surface area contributed by atoms with Crippen LogP contribution in [0.2, 0.25) is 0 Å². The van der Waals surface area contributed by atoms with Gasteiger partial charge in [0.05, 0.1) is 25.0 Å². The Hall–Kier alpha value is -3.48. The fraction of sp³-hybridized carbons (Fsp3) is 0.280. The number of hydrogen-bond donors (Lipinski definition) is 0. The normalized spacial score (nSPS) is 17.6. The van der Waals surface area contributed by atoms with Gasteiger partial charge in [0.15, 0.2) is 0 Å². The minimum atomic E-state index is -2.75. The number of halogens is 2. The van der Waals surface area contributed by atoms with E-state index in [1.54, 1.807) is 12.0 Å². The molecule has 2 aromatic carbocycles. The van der Waals surface area contributed by atoms with Gasteiger partial charge in [-0.25, -0.2) is 8.78 Å². The summed E-state index contributed by atoms with van der Waals surface area (Å²) in [4.78, 5) is 15.2. The summed E-state index contributed by atoms with van der Waals surface area (Å²) >= 11 is 0. The maximum atomic E-state index is 14.1. The third-order valence-corrected chi connectivity index (χ3v) is 6.13. The smallest absolute Gasteiger partial charge is 0.279 e. The summed E-state index contributed by atoms with van der Waals surface area (Å²) in [5.74, 6) is -2.29. The van der Waals surface area contributed by atoms with Crippen LogP contribution in [0.25, 0.3) is 16.8 Å². The number of rotatable bonds is 4. The predicted octanol–water partition coefficient (Wildman–Crippen LogP) is 5.07. The second-order valence-corrected chi connectivity index (χ2v) is 8.32. The number of allylic oxidation sites excluding steroid dienone is 2. The number of carbonyl (C=O) groups is 1. The molecule has 0 radical (unpaired) electrons. The van der Waals surface area contributed by atoms with Gasteiger partial charge >= 0.3 is 0 Å². The van der Waals surface area contributed by atoms with Crippen LogP contribution < -0.4 is 9.64 Å². The number of nitrogens with zero attached hydrogens (tertiary/aromatic N) is 3. The average molecular weight is 435 g/mol. The van der Waals surface area contributed by atoms with Crippen LogP contribution in [0.1, 0.15) is 29.4 Å². The predicted molar refractivity (Wildman–Crippen MR) is 119 cm³/mol. The second-order valence-electron chi connectivity index (χ2n) is 8.32. The SMILES string of the molecule is COc1ccc(C2=C(C)Cc3c(N4CCC(F)(F)C4)c(-c4ccccc4)nn3C2=O)cc1. The van der Waals surface area contributed by atoms with Gasteiger partial charge in [-0.2, -0.15) is 9.78 Å². The lowest BCUT2D eigenvalue weighted by atomic mass is 9.93. The number of aromatic nitrogens is 2. The molecule has 5 rings (SSSR count). The van der Waals surface area contributed by atoms with E-state index in [9.17, 15) is 13.6 Å². The molecule has 0 bridgehead atoms. The number of anilines is 1. The van der Waals surface area contributed by atoms with E-state index in [0.29, 0.717) is 34.8 Å². The maximum absolute atomic E-state index is 14.1. The molecule has 0 N–H and O–H groups in total. The molecule has 0 unspecified atom stereocenters. The zero-order valence-electron chi connectivity index (χ0n) is 17.9. The number of methoxy groups -OCH3 is 1. The van der Waals surface area contributed by atoms with Crippen LogP contribution in [-0.2, 0) is 6.42 Å². The Morgan fingerprint density at radius 2 is 1.75 bits per heavy atom. The van der Waals surface area contributed by atoms with Crippen LogP contribution >= 0.6 is 0 Å². The van der Waals surface area contributed by atoms with E-state index in [-0.39, 0.29) is 25.4 Å². The van der Waals surface area contributed by atoms with E-state index in [1.165, 1.54) is 4.68 Å². The monoisotopic (exact) mass is 435 g/mol. The van der Waals surface area contributed by atoms with Crippen LogP contribution in [-0.4, -0.2) is 41.8 Å². The van der Waals surface area contributed by atoms with E-state index in [2.05, 4.69) is 5.10 Å². The van der Waals surface area contributed by atoms with Gasteiger partial charge in [0, 0.05) is 30.5 Å². The van der Waals surface area contributed by atoms with Crippen LogP contribution in [0.4, 0.5) is 14.5 Å². The quantitative estimate of drug-likeness (QED) is 0.574. The molecule has 0 atom stereocenters. The van der Waals surface area contributed by atoms with Gasteiger partial charge in [0.1, 0.15) is 11.4 Å². The minimum absolute atomic E-state index is 0.203. The standard InChI is InChI=1S/C25H23F2N3O2/c1-16-14-20-23(29-13-12-25(26,27)15-29)22(18-6-4-3-5-7-18)28-30(20)24(31)21(16)17-8-10-19(32-2)11-9-17/h3-11H,12-15H2,1-2H3. The van der Waals surface area contributed by atoms with Crippen LogP contribution in [0.15, 0.2) is 60.2 Å². The molecule has 1 saturated heterocycles. The lowest BCUT2D eigenvalue weighted by Gasteiger charge is -2.23. The number of carbonyl (C=O) groups excluding carboxylic acids is 1. The largest absolute Gasteiger partial charge is 0.497 e. The van der Waals surface area contributed by atoms with Crippen molar-refractivity contribution in [1.82, 2.24) is 9.78 Å². The summed E-state index contributed by atoms with van der Waals surface area (Å²) in [5.41, 5.74) is 4.92. The van der Waals surface area contributed by atoms with Crippen molar-refractivity contribution in [3.05, 3.63) is 71.4 Å². The van der Waals surface area contributed by atoms with Crippen molar-refractivity contribution < 1.29 is 18.3 Å². The van der Waals surface area contributed by atoms with Gasteiger partial charge < -0.3 is 9.64 Å². The van der Waals surface area contributed by atoms with Crippen molar-refractivity contribution in [1.29, 1.82) is 0 Å². The molecule has 0 spiro atoms. The molecule has 3 aromatic rings. The molecule has 1 aromatic heterocycles. The molecule has 2 aliphatic heterocycles. The molecule has 32 heavy (non-hydrogen) atoms. The Kier molecular flexibility index (Phi) is 4.84. The van der Waals surface area contributed by atoms with Crippen LogP contribution in [0, 0.1) is 0 Å². The maximum Gasteiger partial charge on any atom is 0.279 e. The fourth-order valence-corrected chi connectivity index (χ4v) is 4.58. The first kappa shape index (κ1) is 20.4. The van der Waals surface area contributed by atoms with Crippen molar-refractivity contribution in [3.8, 4) is 17.0 Å². The first-order valence-corrected chi connectivity index (χ1v) is 10.6. The molecule has 1 fully saturated rings. The number of benzene rings is 2. The minimum Gasteiger partial charge on any atom is -0.497 e. The van der Waals surface area contributed by atoms with Crippen molar-refractivity contribution in [2.24, 2.45) is 0 Å². The van der Waals surface area contributed by atoms with E-state index < -0.39 is 5.92 Å². The van der Waals surface area contributed by atoms with Gasteiger partial charge in [-0.15, -0.1) is 0 Å². The molecule has 3 heterocycles. The summed E-state index contributed by atoms with van der Waals surface area (Å²) in [5, 5.41) is 4.66. The van der Waals surface area contributed by atoms with Gasteiger partial charge in [-0.3, -0.25) is 4.79 Å². The highest BCUT2D eigenvalue weighted by Gasteiger charge is 2.42. The van der Waals surface area contributed by atoms with E-state index >= 15 is 0 Å². The third kappa shape index (κ3) is 3.38. The van der Waals surface area contributed by atoms with Gasteiger partial charge in [-0.1, -0.05) is 48.0 Å². The van der Waals surface area contributed by atoms with E-state index in [0.717, 1.165) is 16.7 Å². The van der Waals surface area contributed by atoms with Gasteiger partial charge in [-0.05, 0) is 24.6 Å². The van der Waals surface area contributed by atoms with E-state index in [1.807, 2.05) is 61.5 Å². The molecule has 164 valence electrons. The van der Waals surface area contributed by atoms with Crippen molar-refractivity contribution in [2.45, 2.75) is 25.7 Å². The highest BCUT2D eigenvalue weighted by Crippen LogP contribution is 2.42.